The SMILES string of the molecule is Cc1cccc(OCC(=O)Nc2ccc(N3CCCCCC3)cc2)c1C. The van der Waals surface area contributed by atoms with Crippen LogP contribution in [0, 0.1) is 13.8 Å². The van der Waals surface area contributed by atoms with E-state index < -0.39 is 0 Å². The third-order valence-corrected chi connectivity index (χ3v) is 5.04. The molecule has 3 rings (SSSR count). The number of carbonyl (C=O) groups excluding carboxylic acids is 1. The van der Waals surface area contributed by atoms with Crippen LogP contribution in [0.25, 0.3) is 0 Å². The Hall–Kier alpha value is -2.49. The van der Waals surface area contributed by atoms with Crippen molar-refractivity contribution in [2.24, 2.45) is 0 Å². The van der Waals surface area contributed by atoms with Crippen LogP contribution >= 0.6 is 0 Å². The summed E-state index contributed by atoms with van der Waals surface area (Å²) in [6.07, 6.45) is 5.17. The molecule has 4 heteroatoms. The standard InChI is InChI=1S/C22H28N2O2/c1-17-8-7-9-21(18(17)2)26-16-22(25)23-19-10-12-20(13-11-19)24-14-5-3-4-6-15-24/h7-13H,3-6,14-16H2,1-2H3,(H,23,25). The maximum Gasteiger partial charge on any atom is 0.262 e. The summed E-state index contributed by atoms with van der Waals surface area (Å²) in [5, 5.41) is 2.91. The molecule has 0 aromatic heterocycles. The van der Waals surface area contributed by atoms with Crippen molar-refractivity contribution < 1.29 is 9.53 Å². The van der Waals surface area contributed by atoms with Gasteiger partial charge in [0.15, 0.2) is 6.61 Å². The van der Waals surface area contributed by atoms with Gasteiger partial charge in [-0.15, -0.1) is 0 Å². The summed E-state index contributed by atoms with van der Waals surface area (Å²) in [5.41, 5.74) is 4.27. The number of hydrogen-bond donors (Lipinski definition) is 1. The van der Waals surface area contributed by atoms with E-state index in [1.807, 2.05) is 44.2 Å². The van der Waals surface area contributed by atoms with E-state index in [2.05, 4.69) is 22.3 Å². The summed E-state index contributed by atoms with van der Waals surface area (Å²) in [5.74, 6) is 0.616. The van der Waals surface area contributed by atoms with Gasteiger partial charge in [-0.05, 0) is 68.1 Å². The molecule has 1 saturated heterocycles. The van der Waals surface area contributed by atoms with Gasteiger partial charge in [-0.1, -0.05) is 25.0 Å². The summed E-state index contributed by atoms with van der Waals surface area (Å²) >= 11 is 0. The van der Waals surface area contributed by atoms with Gasteiger partial charge in [0, 0.05) is 24.5 Å². The van der Waals surface area contributed by atoms with Crippen molar-refractivity contribution >= 4 is 17.3 Å². The van der Waals surface area contributed by atoms with Crippen molar-refractivity contribution in [3.05, 3.63) is 53.6 Å². The molecule has 0 spiro atoms. The quantitative estimate of drug-likeness (QED) is 0.848. The number of ether oxygens (including phenoxy) is 1. The molecule has 0 radical (unpaired) electrons. The first-order chi connectivity index (χ1) is 12.6. The van der Waals surface area contributed by atoms with Crippen LogP contribution in [-0.2, 0) is 4.79 Å². The van der Waals surface area contributed by atoms with E-state index in [0.29, 0.717) is 0 Å². The van der Waals surface area contributed by atoms with E-state index in [4.69, 9.17) is 4.74 Å². The zero-order valence-electron chi connectivity index (χ0n) is 15.8. The fraction of sp³-hybridized carbons (Fsp3) is 0.409. The van der Waals surface area contributed by atoms with Crippen molar-refractivity contribution in [1.82, 2.24) is 0 Å². The molecule has 0 atom stereocenters. The Morgan fingerprint density at radius 2 is 1.69 bits per heavy atom. The lowest BCUT2D eigenvalue weighted by molar-refractivity contribution is -0.118. The van der Waals surface area contributed by atoms with Crippen LogP contribution in [0.2, 0.25) is 0 Å². The molecule has 1 heterocycles. The van der Waals surface area contributed by atoms with Gasteiger partial charge in [-0.25, -0.2) is 0 Å². The van der Waals surface area contributed by atoms with Crippen molar-refractivity contribution in [2.75, 3.05) is 29.9 Å². The van der Waals surface area contributed by atoms with Crippen LogP contribution in [-0.4, -0.2) is 25.6 Å². The van der Waals surface area contributed by atoms with Crippen LogP contribution in [0.4, 0.5) is 11.4 Å². The molecule has 1 aliphatic heterocycles. The van der Waals surface area contributed by atoms with Gasteiger partial charge in [0.1, 0.15) is 5.75 Å². The maximum atomic E-state index is 12.2. The second-order valence-corrected chi connectivity index (χ2v) is 6.98. The summed E-state index contributed by atoms with van der Waals surface area (Å²) < 4.78 is 5.66. The molecule has 4 nitrogen and oxygen atoms in total. The Kier molecular flexibility index (Phi) is 6.16. The average molecular weight is 352 g/mol. The molecule has 2 aromatic rings. The van der Waals surface area contributed by atoms with Crippen molar-refractivity contribution in [3.63, 3.8) is 0 Å². The van der Waals surface area contributed by atoms with Crippen LogP contribution in [0.15, 0.2) is 42.5 Å². The lowest BCUT2D eigenvalue weighted by Gasteiger charge is -2.22. The highest BCUT2D eigenvalue weighted by molar-refractivity contribution is 5.92. The molecule has 1 amide bonds. The number of hydrogen-bond acceptors (Lipinski definition) is 3. The van der Waals surface area contributed by atoms with E-state index in [1.165, 1.54) is 31.4 Å². The molecule has 1 N–H and O–H groups in total. The minimum atomic E-state index is -0.145. The molecule has 0 bridgehead atoms. The first kappa shape index (κ1) is 18.3. The van der Waals surface area contributed by atoms with E-state index >= 15 is 0 Å². The highest BCUT2D eigenvalue weighted by Crippen LogP contribution is 2.22. The van der Waals surface area contributed by atoms with Crippen molar-refractivity contribution in [2.45, 2.75) is 39.5 Å². The highest BCUT2D eigenvalue weighted by Gasteiger charge is 2.10. The zero-order valence-corrected chi connectivity index (χ0v) is 15.8. The number of nitrogens with one attached hydrogen (secondary N) is 1. The second kappa shape index (κ2) is 8.75. The van der Waals surface area contributed by atoms with Gasteiger partial charge < -0.3 is 15.0 Å². The third-order valence-electron chi connectivity index (χ3n) is 5.04. The number of nitrogens with zero attached hydrogens (tertiary/aromatic N) is 1. The Labute approximate surface area is 156 Å². The maximum absolute atomic E-state index is 12.2. The van der Waals surface area contributed by atoms with Gasteiger partial charge in [-0.2, -0.15) is 0 Å². The first-order valence-electron chi connectivity index (χ1n) is 9.47. The lowest BCUT2D eigenvalue weighted by Crippen LogP contribution is -2.24. The largest absolute Gasteiger partial charge is 0.483 e. The Morgan fingerprint density at radius 3 is 2.38 bits per heavy atom. The fourth-order valence-corrected chi connectivity index (χ4v) is 3.31. The van der Waals surface area contributed by atoms with Crippen molar-refractivity contribution in [1.29, 1.82) is 0 Å². The van der Waals surface area contributed by atoms with Gasteiger partial charge in [-0.3, -0.25) is 4.79 Å². The summed E-state index contributed by atoms with van der Waals surface area (Å²) in [4.78, 5) is 14.6. The second-order valence-electron chi connectivity index (χ2n) is 6.98. The third kappa shape index (κ3) is 4.78. The van der Waals surface area contributed by atoms with E-state index in [9.17, 15) is 4.79 Å². The molecular weight excluding hydrogens is 324 g/mol. The van der Waals surface area contributed by atoms with E-state index in [0.717, 1.165) is 35.7 Å². The van der Waals surface area contributed by atoms with Crippen LogP contribution < -0.4 is 15.0 Å². The van der Waals surface area contributed by atoms with Crippen molar-refractivity contribution in [3.8, 4) is 5.75 Å². The normalized spacial score (nSPS) is 14.6. The predicted molar refractivity (Wildman–Crippen MR) is 107 cm³/mol. The lowest BCUT2D eigenvalue weighted by atomic mass is 10.1. The number of carbonyl (C=O) groups is 1. The molecule has 1 aliphatic rings. The molecular formula is C22H28N2O2. The summed E-state index contributed by atoms with van der Waals surface area (Å²) in [7, 11) is 0. The minimum absolute atomic E-state index is 0.0121. The van der Waals surface area contributed by atoms with Crippen LogP contribution in [0.3, 0.4) is 0 Å². The predicted octanol–water partition coefficient (Wildman–Crippen LogP) is 4.70. The van der Waals surface area contributed by atoms with Gasteiger partial charge in [0.05, 0.1) is 0 Å². The number of aryl methyl sites for hydroxylation is 1. The number of rotatable bonds is 5. The van der Waals surface area contributed by atoms with Gasteiger partial charge >= 0.3 is 0 Å². The molecule has 1 fully saturated rings. The fourth-order valence-electron chi connectivity index (χ4n) is 3.31. The number of benzene rings is 2. The Bertz CT molecular complexity index is 732. The summed E-state index contributed by atoms with van der Waals surface area (Å²) in [6, 6.07) is 14.0. The van der Waals surface area contributed by atoms with Gasteiger partial charge in [0.2, 0.25) is 0 Å². The molecule has 138 valence electrons. The minimum Gasteiger partial charge on any atom is -0.483 e. The molecule has 0 unspecified atom stereocenters. The first-order valence-corrected chi connectivity index (χ1v) is 9.47. The number of anilines is 2. The molecule has 2 aromatic carbocycles. The van der Waals surface area contributed by atoms with E-state index in [1.54, 1.807) is 0 Å². The topological polar surface area (TPSA) is 41.6 Å². The van der Waals surface area contributed by atoms with Gasteiger partial charge in [0.25, 0.3) is 5.91 Å². The zero-order chi connectivity index (χ0) is 18.4. The van der Waals surface area contributed by atoms with Crippen LogP contribution in [0.1, 0.15) is 36.8 Å². The molecule has 26 heavy (non-hydrogen) atoms. The van der Waals surface area contributed by atoms with Crippen LogP contribution in [0.5, 0.6) is 5.75 Å². The Balaban J connectivity index is 1.53. The van der Waals surface area contributed by atoms with E-state index in [-0.39, 0.29) is 12.5 Å². The Morgan fingerprint density at radius 1 is 1.00 bits per heavy atom. The monoisotopic (exact) mass is 352 g/mol. The highest BCUT2D eigenvalue weighted by atomic mass is 16.5. The number of amides is 1. The average Bonchev–Trinajstić information content (AvgIpc) is 2.93. The summed E-state index contributed by atoms with van der Waals surface area (Å²) in [6.45, 7) is 6.29. The molecule has 0 saturated carbocycles. The molecule has 0 aliphatic carbocycles. The smallest absolute Gasteiger partial charge is 0.262 e.